The number of halogens is 1. The first-order chi connectivity index (χ1) is 6.76. The number of alkyl halides is 1. The van der Waals surface area contributed by atoms with Gasteiger partial charge in [0.1, 0.15) is 6.33 Å². The van der Waals surface area contributed by atoms with E-state index >= 15 is 0 Å². The van der Waals surface area contributed by atoms with Gasteiger partial charge in [-0.1, -0.05) is 0 Å². The van der Waals surface area contributed by atoms with Crippen LogP contribution in [0.1, 0.15) is 25.6 Å². The fourth-order valence-corrected chi connectivity index (χ4v) is 1.90. The van der Waals surface area contributed by atoms with E-state index in [-0.39, 0.29) is 0 Å². The molecule has 1 aliphatic heterocycles. The summed E-state index contributed by atoms with van der Waals surface area (Å²) in [5, 5.41) is 7.05. The molecule has 1 aliphatic rings. The average Bonchev–Trinajstić information content (AvgIpc) is 2.67. The molecule has 14 heavy (non-hydrogen) atoms. The van der Waals surface area contributed by atoms with Crippen molar-refractivity contribution >= 4 is 0 Å². The van der Waals surface area contributed by atoms with E-state index in [0.29, 0.717) is 25.3 Å². The van der Waals surface area contributed by atoms with Gasteiger partial charge in [0.2, 0.25) is 0 Å². The molecule has 0 spiro atoms. The molecule has 0 saturated carbocycles. The molecular weight excluding hydrogens is 183 g/mol. The van der Waals surface area contributed by atoms with E-state index in [2.05, 4.69) is 15.4 Å². The molecule has 1 fully saturated rings. The SMILES string of the molecule is CCn1ncnc1C1(F)CCCNC1. The molecule has 0 aliphatic carbocycles. The van der Waals surface area contributed by atoms with Crippen LogP contribution in [0.2, 0.25) is 0 Å². The maximum atomic E-state index is 14.4. The van der Waals surface area contributed by atoms with Gasteiger partial charge in [-0.2, -0.15) is 5.10 Å². The van der Waals surface area contributed by atoms with Crippen LogP contribution in [0.4, 0.5) is 4.39 Å². The maximum absolute atomic E-state index is 14.4. The van der Waals surface area contributed by atoms with E-state index in [1.54, 1.807) is 4.68 Å². The minimum absolute atomic E-state index is 0.353. The molecule has 0 aromatic carbocycles. The molecule has 4 nitrogen and oxygen atoms in total. The number of nitrogens with one attached hydrogen (secondary N) is 1. The van der Waals surface area contributed by atoms with Gasteiger partial charge in [0, 0.05) is 13.1 Å². The van der Waals surface area contributed by atoms with E-state index in [1.165, 1.54) is 6.33 Å². The van der Waals surface area contributed by atoms with E-state index < -0.39 is 5.67 Å². The van der Waals surface area contributed by atoms with Gasteiger partial charge in [-0.05, 0) is 26.3 Å². The number of hydrogen-bond donors (Lipinski definition) is 1. The molecule has 1 unspecified atom stereocenters. The Kier molecular flexibility index (Phi) is 2.50. The quantitative estimate of drug-likeness (QED) is 0.766. The lowest BCUT2D eigenvalue weighted by molar-refractivity contribution is 0.105. The molecule has 0 amide bonds. The highest BCUT2D eigenvalue weighted by atomic mass is 19.1. The Morgan fingerprint density at radius 1 is 1.71 bits per heavy atom. The molecule has 5 heteroatoms. The van der Waals surface area contributed by atoms with Crippen molar-refractivity contribution in [2.45, 2.75) is 32.0 Å². The molecule has 0 bridgehead atoms. The van der Waals surface area contributed by atoms with Crippen molar-refractivity contribution in [1.82, 2.24) is 20.1 Å². The Labute approximate surface area is 82.5 Å². The van der Waals surface area contributed by atoms with Crippen molar-refractivity contribution < 1.29 is 4.39 Å². The fourth-order valence-electron chi connectivity index (χ4n) is 1.90. The van der Waals surface area contributed by atoms with Gasteiger partial charge in [-0.3, -0.25) is 0 Å². The van der Waals surface area contributed by atoms with Crippen LogP contribution in [-0.4, -0.2) is 27.9 Å². The lowest BCUT2D eigenvalue weighted by atomic mass is 9.95. The van der Waals surface area contributed by atoms with Gasteiger partial charge in [-0.25, -0.2) is 14.1 Å². The molecule has 1 N–H and O–H groups in total. The molecular formula is C9H15FN4. The minimum Gasteiger partial charge on any atom is -0.313 e. The number of rotatable bonds is 2. The number of aromatic nitrogens is 3. The Morgan fingerprint density at radius 3 is 3.21 bits per heavy atom. The zero-order valence-electron chi connectivity index (χ0n) is 8.33. The summed E-state index contributed by atoms with van der Waals surface area (Å²) in [6.45, 7) is 3.86. The monoisotopic (exact) mass is 198 g/mol. The molecule has 1 saturated heterocycles. The van der Waals surface area contributed by atoms with Gasteiger partial charge < -0.3 is 5.32 Å². The third-order valence-corrected chi connectivity index (χ3v) is 2.65. The van der Waals surface area contributed by atoms with Crippen LogP contribution >= 0.6 is 0 Å². The first kappa shape index (κ1) is 9.58. The maximum Gasteiger partial charge on any atom is 0.182 e. The summed E-state index contributed by atoms with van der Waals surface area (Å²) in [6.07, 6.45) is 2.82. The van der Waals surface area contributed by atoms with Crippen molar-refractivity contribution in [3.63, 3.8) is 0 Å². The van der Waals surface area contributed by atoms with Gasteiger partial charge in [0.25, 0.3) is 0 Å². The Morgan fingerprint density at radius 2 is 2.57 bits per heavy atom. The van der Waals surface area contributed by atoms with Crippen LogP contribution in [0.15, 0.2) is 6.33 Å². The molecule has 0 radical (unpaired) electrons. The molecule has 2 rings (SSSR count). The summed E-state index contributed by atoms with van der Waals surface area (Å²) in [6, 6.07) is 0. The summed E-state index contributed by atoms with van der Waals surface area (Å²) < 4.78 is 16.0. The van der Waals surface area contributed by atoms with Crippen molar-refractivity contribution in [3.8, 4) is 0 Å². The molecule has 1 aromatic rings. The van der Waals surface area contributed by atoms with E-state index in [4.69, 9.17) is 0 Å². The average molecular weight is 198 g/mol. The Bertz CT molecular complexity index is 304. The second-order valence-corrected chi connectivity index (χ2v) is 3.65. The van der Waals surface area contributed by atoms with Crippen molar-refractivity contribution in [1.29, 1.82) is 0 Å². The Hall–Kier alpha value is -0.970. The number of aryl methyl sites for hydroxylation is 1. The number of hydrogen-bond acceptors (Lipinski definition) is 3. The summed E-state index contributed by atoms with van der Waals surface area (Å²) in [7, 11) is 0. The fraction of sp³-hybridized carbons (Fsp3) is 0.778. The van der Waals surface area contributed by atoms with Gasteiger partial charge in [0.05, 0.1) is 0 Å². The molecule has 78 valence electrons. The zero-order valence-corrected chi connectivity index (χ0v) is 8.33. The standard InChI is InChI=1S/C9H15FN4/c1-2-14-8(12-7-13-14)9(10)4-3-5-11-6-9/h7,11H,2-6H2,1H3. The summed E-state index contributed by atoms with van der Waals surface area (Å²) in [5.41, 5.74) is -1.33. The van der Waals surface area contributed by atoms with Crippen LogP contribution in [0.25, 0.3) is 0 Å². The lowest BCUT2D eigenvalue weighted by Crippen LogP contribution is -2.42. The van der Waals surface area contributed by atoms with E-state index in [9.17, 15) is 4.39 Å². The predicted molar refractivity (Wildman–Crippen MR) is 50.6 cm³/mol. The van der Waals surface area contributed by atoms with Crippen molar-refractivity contribution in [3.05, 3.63) is 12.2 Å². The topological polar surface area (TPSA) is 42.7 Å². The third kappa shape index (κ3) is 1.52. The van der Waals surface area contributed by atoms with Crippen LogP contribution in [-0.2, 0) is 12.2 Å². The smallest absolute Gasteiger partial charge is 0.182 e. The highest BCUT2D eigenvalue weighted by Crippen LogP contribution is 2.30. The second-order valence-electron chi connectivity index (χ2n) is 3.65. The summed E-state index contributed by atoms with van der Waals surface area (Å²) in [4.78, 5) is 4.02. The summed E-state index contributed by atoms with van der Waals surface area (Å²) in [5.74, 6) is 0.465. The minimum atomic E-state index is -1.33. The lowest BCUT2D eigenvalue weighted by Gasteiger charge is -2.29. The van der Waals surface area contributed by atoms with E-state index in [0.717, 1.165) is 13.0 Å². The first-order valence-electron chi connectivity index (χ1n) is 5.04. The largest absolute Gasteiger partial charge is 0.313 e. The van der Waals surface area contributed by atoms with Crippen LogP contribution < -0.4 is 5.32 Å². The van der Waals surface area contributed by atoms with Crippen molar-refractivity contribution in [2.24, 2.45) is 0 Å². The summed E-state index contributed by atoms with van der Waals surface area (Å²) >= 11 is 0. The van der Waals surface area contributed by atoms with Gasteiger partial charge in [0.15, 0.2) is 11.5 Å². The highest BCUT2D eigenvalue weighted by molar-refractivity contribution is 5.04. The van der Waals surface area contributed by atoms with Gasteiger partial charge in [-0.15, -0.1) is 0 Å². The normalized spacial score (nSPS) is 27.9. The second kappa shape index (κ2) is 3.65. The number of nitrogens with zero attached hydrogens (tertiary/aromatic N) is 3. The van der Waals surface area contributed by atoms with Crippen LogP contribution in [0, 0.1) is 0 Å². The first-order valence-corrected chi connectivity index (χ1v) is 5.04. The third-order valence-electron chi connectivity index (χ3n) is 2.65. The molecule has 2 heterocycles. The van der Waals surface area contributed by atoms with Crippen LogP contribution in [0.3, 0.4) is 0 Å². The zero-order chi connectivity index (χ0) is 10.0. The molecule has 1 aromatic heterocycles. The van der Waals surface area contributed by atoms with E-state index in [1.807, 2.05) is 6.92 Å². The van der Waals surface area contributed by atoms with Gasteiger partial charge >= 0.3 is 0 Å². The molecule has 1 atom stereocenters. The van der Waals surface area contributed by atoms with Crippen molar-refractivity contribution in [2.75, 3.05) is 13.1 Å². The predicted octanol–water partition coefficient (Wildman–Crippen LogP) is 0.846. The number of piperidine rings is 1. The van der Waals surface area contributed by atoms with Crippen LogP contribution in [0.5, 0.6) is 0 Å². The Balaban J connectivity index is 2.27. The highest BCUT2D eigenvalue weighted by Gasteiger charge is 2.37.